The van der Waals surface area contributed by atoms with Crippen LogP contribution in [0.2, 0.25) is 0 Å². The van der Waals surface area contributed by atoms with Gasteiger partial charge in [-0.1, -0.05) is 12.1 Å². The molecular weight excluding hydrogens is 502 g/mol. The Morgan fingerprint density at radius 2 is 1.68 bits per heavy atom. The van der Waals surface area contributed by atoms with Crippen molar-refractivity contribution in [2.24, 2.45) is 5.73 Å². The molecule has 1 heterocycles. The van der Waals surface area contributed by atoms with Crippen LogP contribution in [0, 0.1) is 0 Å². The molecule has 37 heavy (non-hydrogen) atoms. The van der Waals surface area contributed by atoms with Gasteiger partial charge in [0.2, 0.25) is 23.6 Å². The zero-order valence-corrected chi connectivity index (χ0v) is 21.5. The lowest BCUT2D eigenvalue weighted by atomic mass is 10.0. The number of aromatic hydroxyl groups is 1. The number of phenols is 1. The number of hydrogen-bond acceptors (Lipinski definition) is 8. The molecule has 1 aliphatic rings. The molecule has 12 nitrogen and oxygen atoms in total. The molecular formula is C24H35N5O7S. The van der Waals surface area contributed by atoms with E-state index in [1.165, 1.54) is 23.9 Å². The summed E-state index contributed by atoms with van der Waals surface area (Å²) in [5.74, 6) is -3.15. The number of phenolic OH excluding ortho intramolecular Hbond substituents is 1. The van der Waals surface area contributed by atoms with Gasteiger partial charge in [-0.05, 0) is 61.9 Å². The van der Waals surface area contributed by atoms with Gasteiger partial charge in [0.15, 0.2) is 0 Å². The Kier molecular flexibility index (Phi) is 12.2. The Morgan fingerprint density at radius 1 is 1.03 bits per heavy atom. The van der Waals surface area contributed by atoms with Crippen molar-refractivity contribution in [1.29, 1.82) is 0 Å². The molecule has 0 radical (unpaired) electrons. The van der Waals surface area contributed by atoms with Crippen molar-refractivity contribution in [2.75, 3.05) is 18.6 Å². The van der Waals surface area contributed by atoms with Gasteiger partial charge in [0.1, 0.15) is 23.9 Å². The van der Waals surface area contributed by atoms with Crippen LogP contribution in [-0.4, -0.2) is 82.5 Å². The van der Waals surface area contributed by atoms with Crippen LogP contribution in [0.3, 0.4) is 0 Å². The summed E-state index contributed by atoms with van der Waals surface area (Å²) in [6, 6.07) is 2.05. The van der Waals surface area contributed by atoms with Crippen LogP contribution in [0.25, 0.3) is 0 Å². The predicted molar refractivity (Wildman–Crippen MR) is 138 cm³/mol. The van der Waals surface area contributed by atoms with Gasteiger partial charge >= 0.3 is 5.97 Å². The smallest absolute Gasteiger partial charge is 0.326 e. The average molecular weight is 538 g/mol. The third-order valence-corrected chi connectivity index (χ3v) is 6.57. The summed E-state index contributed by atoms with van der Waals surface area (Å²) in [7, 11) is 0. The van der Waals surface area contributed by atoms with E-state index in [1.807, 2.05) is 6.26 Å². The van der Waals surface area contributed by atoms with E-state index in [0.29, 0.717) is 24.3 Å². The van der Waals surface area contributed by atoms with E-state index in [0.717, 1.165) is 6.42 Å². The molecule has 4 atom stereocenters. The minimum Gasteiger partial charge on any atom is -0.508 e. The zero-order valence-electron chi connectivity index (χ0n) is 20.7. The Morgan fingerprint density at radius 3 is 2.24 bits per heavy atom. The van der Waals surface area contributed by atoms with E-state index in [1.54, 1.807) is 12.1 Å². The molecule has 0 spiro atoms. The van der Waals surface area contributed by atoms with Crippen molar-refractivity contribution < 1.29 is 34.2 Å². The minimum absolute atomic E-state index is 0.00656. The normalized spacial score (nSPS) is 17.3. The van der Waals surface area contributed by atoms with Crippen LogP contribution < -0.4 is 27.0 Å². The van der Waals surface area contributed by atoms with Gasteiger partial charge in [0.05, 0.1) is 6.04 Å². The standard InChI is InChI=1S/C24H35N5O7S/c1-37-12-10-18(24(35)36)28-23(34)19(13-14-4-6-15(30)7-5-14)29-22(33)17(8-9-20(25)31)27-21(32)16-3-2-11-26-16/h4-7,16-19,26,30H,2-3,8-13H2,1H3,(H2,25,31)(H,27,32)(H,28,34)(H,29,33)(H,35,36). The van der Waals surface area contributed by atoms with Crippen molar-refractivity contribution in [3.8, 4) is 5.75 Å². The van der Waals surface area contributed by atoms with Crippen LogP contribution in [0.15, 0.2) is 24.3 Å². The molecule has 4 amide bonds. The summed E-state index contributed by atoms with van der Waals surface area (Å²) in [6.07, 6.45) is 3.18. The van der Waals surface area contributed by atoms with Crippen molar-refractivity contribution >= 4 is 41.4 Å². The fourth-order valence-corrected chi connectivity index (χ4v) is 4.32. The average Bonchev–Trinajstić information content (AvgIpc) is 3.40. The molecule has 1 fully saturated rings. The number of carboxylic acids is 1. The number of carbonyl (C=O) groups is 5. The van der Waals surface area contributed by atoms with Crippen molar-refractivity contribution in [3.05, 3.63) is 29.8 Å². The molecule has 4 unspecified atom stereocenters. The number of rotatable bonds is 15. The lowest BCUT2D eigenvalue weighted by Crippen LogP contribution is -2.57. The van der Waals surface area contributed by atoms with Crippen LogP contribution in [0.5, 0.6) is 5.75 Å². The highest BCUT2D eigenvalue weighted by Gasteiger charge is 2.31. The lowest BCUT2D eigenvalue weighted by molar-refractivity contribution is -0.142. The Hall–Kier alpha value is -3.32. The van der Waals surface area contributed by atoms with E-state index >= 15 is 0 Å². The summed E-state index contributed by atoms with van der Waals surface area (Å²) in [4.78, 5) is 62.0. The third kappa shape index (κ3) is 10.3. The van der Waals surface area contributed by atoms with Crippen molar-refractivity contribution in [1.82, 2.24) is 21.3 Å². The Labute approximate surface area is 219 Å². The number of thioether (sulfide) groups is 1. The number of primary amides is 1. The second kappa shape index (κ2) is 15.1. The van der Waals surface area contributed by atoms with E-state index in [-0.39, 0.29) is 31.4 Å². The number of nitrogens with two attached hydrogens (primary N) is 1. The number of aliphatic carboxylic acids is 1. The summed E-state index contributed by atoms with van der Waals surface area (Å²) < 4.78 is 0. The van der Waals surface area contributed by atoms with Gasteiger partial charge in [-0.2, -0.15) is 11.8 Å². The number of carboxylic acid groups (broad SMARTS) is 1. The molecule has 0 saturated carbocycles. The van der Waals surface area contributed by atoms with E-state index in [9.17, 15) is 34.2 Å². The SMILES string of the molecule is CSCCC(NC(=O)C(Cc1ccc(O)cc1)NC(=O)C(CCC(N)=O)NC(=O)C1CCCN1)C(=O)O. The molecule has 204 valence electrons. The number of benzene rings is 1. The largest absolute Gasteiger partial charge is 0.508 e. The number of hydrogen-bond donors (Lipinski definition) is 7. The van der Waals surface area contributed by atoms with Gasteiger partial charge < -0.3 is 37.2 Å². The lowest BCUT2D eigenvalue weighted by Gasteiger charge is -2.25. The highest BCUT2D eigenvalue weighted by atomic mass is 32.2. The summed E-state index contributed by atoms with van der Waals surface area (Å²) in [6.45, 7) is 0.673. The van der Waals surface area contributed by atoms with Crippen LogP contribution in [0.4, 0.5) is 0 Å². The van der Waals surface area contributed by atoms with Crippen molar-refractivity contribution in [3.63, 3.8) is 0 Å². The van der Waals surface area contributed by atoms with Gasteiger partial charge in [-0.15, -0.1) is 0 Å². The van der Waals surface area contributed by atoms with E-state index in [2.05, 4.69) is 21.3 Å². The maximum atomic E-state index is 13.2. The predicted octanol–water partition coefficient (Wildman–Crippen LogP) is -0.756. The topological polar surface area (TPSA) is 200 Å². The van der Waals surface area contributed by atoms with Crippen LogP contribution >= 0.6 is 11.8 Å². The summed E-state index contributed by atoms with van der Waals surface area (Å²) in [5.41, 5.74) is 5.84. The minimum atomic E-state index is -1.20. The van der Waals surface area contributed by atoms with E-state index < -0.39 is 53.8 Å². The second-order valence-corrected chi connectivity index (χ2v) is 9.81. The monoisotopic (exact) mass is 537 g/mol. The van der Waals surface area contributed by atoms with Crippen LogP contribution in [-0.2, 0) is 30.4 Å². The second-order valence-electron chi connectivity index (χ2n) is 8.83. The molecule has 1 aromatic carbocycles. The molecule has 1 aliphatic heterocycles. The maximum absolute atomic E-state index is 13.2. The Balaban J connectivity index is 2.21. The fraction of sp³-hybridized carbons (Fsp3) is 0.542. The summed E-state index contributed by atoms with van der Waals surface area (Å²) in [5, 5.41) is 29.8. The first-order chi connectivity index (χ1) is 17.6. The molecule has 13 heteroatoms. The highest BCUT2D eigenvalue weighted by molar-refractivity contribution is 7.98. The van der Waals surface area contributed by atoms with E-state index in [4.69, 9.17) is 5.73 Å². The number of amides is 4. The molecule has 1 aromatic rings. The van der Waals surface area contributed by atoms with Gasteiger partial charge in [0.25, 0.3) is 0 Å². The first-order valence-corrected chi connectivity index (χ1v) is 13.4. The molecule has 0 bridgehead atoms. The number of carbonyl (C=O) groups excluding carboxylic acids is 4. The first-order valence-electron chi connectivity index (χ1n) is 12.0. The zero-order chi connectivity index (χ0) is 27.4. The highest BCUT2D eigenvalue weighted by Crippen LogP contribution is 2.13. The first kappa shape index (κ1) is 29.9. The summed E-state index contributed by atoms with van der Waals surface area (Å²) >= 11 is 1.43. The maximum Gasteiger partial charge on any atom is 0.326 e. The molecule has 8 N–H and O–H groups in total. The fourth-order valence-electron chi connectivity index (χ4n) is 3.85. The number of nitrogens with one attached hydrogen (secondary N) is 4. The quantitative estimate of drug-likeness (QED) is 0.150. The molecule has 2 rings (SSSR count). The van der Waals surface area contributed by atoms with Crippen LogP contribution in [0.1, 0.15) is 37.7 Å². The molecule has 0 aliphatic carbocycles. The Bertz CT molecular complexity index is 953. The third-order valence-electron chi connectivity index (χ3n) is 5.92. The molecule has 1 saturated heterocycles. The van der Waals surface area contributed by atoms with Gasteiger partial charge in [-0.3, -0.25) is 19.2 Å². The molecule has 0 aromatic heterocycles. The van der Waals surface area contributed by atoms with Crippen molar-refractivity contribution in [2.45, 2.75) is 62.7 Å². The van der Waals surface area contributed by atoms with Gasteiger partial charge in [0, 0.05) is 12.8 Å². The van der Waals surface area contributed by atoms with Gasteiger partial charge in [-0.25, -0.2) is 4.79 Å².